The van der Waals surface area contributed by atoms with E-state index in [2.05, 4.69) is 15.3 Å². The van der Waals surface area contributed by atoms with Gasteiger partial charge in [-0.05, 0) is 43.3 Å². The van der Waals surface area contributed by atoms with Crippen molar-refractivity contribution in [2.45, 2.75) is 13.5 Å². The van der Waals surface area contributed by atoms with Gasteiger partial charge in [-0.1, -0.05) is 0 Å². The summed E-state index contributed by atoms with van der Waals surface area (Å²) in [5.74, 6) is -4.56. The molecular weight excluding hydrogens is 378 g/mol. The normalized spacial score (nSPS) is 10.8. The van der Waals surface area contributed by atoms with Crippen molar-refractivity contribution in [3.63, 3.8) is 0 Å². The van der Waals surface area contributed by atoms with Crippen LogP contribution in [0.1, 0.15) is 23.2 Å². The van der Waals surface area contributed by atoms with Gasteiger partial charge < -0.3 is 15.0 Å². The Bertz CT molecular complexity index is 1000. The Labute approximate surface area is 157 Å². The van der Waals surface area contributed by atoms with Gasteiger partial charge in [0.15, 0.2) is 17.3 Å². The number of imidazole rings is 1. The average Bonchev–Trinajstić information content (AvgIpc) is 3.10. The van der Waals surface area contributed by atoms with Gasteiger partial charge in [0.05, 0.1) is 13.2 Å². The third-order valence-corrected chi connectivity index (χ3v) is 3.83. The number of aromatic amines is 1. The van der Waals surface area contributed by atoms with Crippen molar-refractivity contribution in [1.82, 2.24) is 9.97 Å². The molecule has 2 N–H and O–H groups in total. The standard InChI is InChI=1S/C19H15F4N3O2/c1-2-28-19(27)18-16(10-3-5-11(20)6-4-10)25-14(26-18)9-24-17-13(22)8-7-12(21)15(17)23/h3-8,24H,2,9H2,1H3,(H,25,26). The number of benzene rings is 2. The summed E-state index contributed by atoms with van der Waals surface area (Å²) >= 11 is 0. The molecule has 146 valence electrons. The summed E-state index contributed by atoms with van der Waals surface area (Å²) in [6.45, 7) is 1.52. The highest BCUT2D eigenvalue weighted by Crippen LogP contribution is 2.25. The molecule has 28 heavy (non-hydrogen) atoms. The molecule has 0 unspecified atom stereocenters. The zero-order chi connectivity index (χ0) is 20.3. The number of nitrogens with one attached hydrogen (secondary N) is 2. The minimum absolute atomic E-state index is 0.00504. The predicted molar refractivity (Wildman–Crippen MR) is 93.6 cm³/mol. The van der Waals surface area contributed by atoms with E-state index in [0.29, 0.717) is 11.6 Å². The van der Waals surface area contributed by atoms with Crippen molar-refractivity contribution >= 4 is 11.7 Å². The second-order valence-corrected chi connectivity index (χ2v) is 5.71. The maximum absolute atomic E-state index is 13.8. The minimum Gasteiger partial charge on any atom is -0.461 e. The van der Waals surface area contributed by atoms with E-state index < -0.39 is 34.9 Å². The molecule has 0 spiro atoms. The molecule has 0 aliphatic rings. The van der Waals surface area contributed by atoms with Gasteiger partial charge >= 0.3 is 5.97 Å². The van der Waals surface area contributed by atoms with Crippen LogP contribution in [-0.4, -0.2) is 22.5 Å². The fraction of sp³-hybridized carbons (Fsp3) is 0.158. The molecule has 1 aromatic heterocycles. The summed E-state index contributed by atoms with van der Waals surface area (Å²) < 4.78 is 58.9. The zero-order valence-electron chi connectivity index (χ0n) is 14.7. The maximum Gasteiger partial charge on any atom is 0.357 e. The lowest BCUT2D eigenvalue weighted by Crippen LogP contribution is -2.08. The molecule has 2 aromatic carbocycles. The first-order valence-electron chi connectivity index (χ1n) is 8.30. The van der Waals surface area contributed by atoms with Gasteiger partial charge in [0.2, 0.25) is 0 Å². The largest absolute Gasteiger partial charge is 0.461 e. The number of rotatable bonds is 6. The number of hydrogen-bond acceptors (Lipinski definition) is 4. The lowest BCUT2D eigenvalue weighted by atomic mass is 10.1. The number of nitrogens with zero attached hydrogens (tertiary/aromatic N) is 1. The Morgan fingerprint density at radius 1 is 1.07 bits per heavy atom. The van der Waals surface area contributed by atoms with Gasteiger partial charge in [-0.25, -0.2) is 27.3 Å². The number of halogens is 4. The molecular formula is C19H15F4N3O2. The van der Waals surface area contributed by atoms with Crippen LogP contribution in [-0.2, 0) is 11.3 Å². The number of carbonyl (C=O) groups is 1. The van der Waals surface area contributed by atoms with Crippen molar-refractivity contribution in [1.29, 1.82) is 0 Å². The molecule has 0 aliphatic heterocycles. The summed E-state index contributed by atoms with van der Waals surface area (Å²) in [7, 11) is 0. The summed E-state index contributed by atoms with van der Waals surface area (Å²) in [5, 5.41) is 2.41. The SMILES string of the molecule is CCOC(=O)c1[nH]c(CNc2c(F)ccc(F)c2F)nc1-c1ccc(F)cc1. The molecule has 5 nitrogen and oxygen atoms in total. The summed E-state index contributed by atoms with van der Waals surface area (Å²) in [4.78, 5) is 19.1. The first-order valence-corrected chi connectivity index (χ1v) is 8.30. The van der Waals surface area contributed by atoms with Crippen LogP contribution in [0.4, 0.5) is 23.2 Å². The minimum atomic E-state index is -1.36. The molecule has 0 saturated heterocycles. The van der Waals surface area contributed by atoms with Crippen molar-refractivity contribution in [3.8, 4) is 11.3 Å². The highest BCUT2D eigenvalue weighted by molar-refractivity contribution is 5.94. The molecule has 1 heterocycles. The van der Waals surface area contributed by atoms with Gasteiger partial charge in [-0.3, -0.25) is 0 Å². The van der Waals surface area contributed by atoms with E-state index >= 15 is 0 Å². The van der Waals surface area contributed by atoms with Crippen molar-refractivity contribution in [2.24, 2.45) is 0 Å². The highest BCUT2D eigenvalue weighted by Gasteiger charge is 2.21. The van der Waals surface area contributed by atoms with Crippen molar-refractivity contribution in [2.75, 3.05) is 11.9 Å². The Morgan fingerprint density at radius 2 is 1.75 bits per heavy atom. The molecule has 0 aliphatic carbocycles. The van der Waals surface area contributed by atoms with E-state index in [1.54, 1.807) is 6.92 Å². The van der Waals surface area contributed by atoms with Gasteiger partial charge in [-0.2, -0.15) is 0 Å². The molecule has 0 fully saturated rings. The van der Waals surface area contributed by atoms with E-state index in [9.17, 15) is 22.4 Å². The first kappa shape index (κ1) is 19.4. The number of hydrogen-bond donors (Lipinski definition) is 2. The third-order valence-electron chi connectivity index (χ3n) is 3.83. The van der Waals surface area contributed by atoms with Gasteiger partial charge in [0.1, 0.15) is 28.8 Å². The molecule has 0 saturated carbocycles. The molecule has 0 amide bonds. The van der Waals surface area contributed by atoms with Gasteiger partial charge in [0, 0.05) is 5.56 Å². The molecule has 0 bridgehead atoms. The van der Waals surface area contributed by atoms with Crippen LogP contribution in [0.2, 0.25) is 0 Å². The number of carbonyl (C=O) groups excluding carboxylic acids is 1. The third kappa shape index (κ3) is 3.98. The topological polar surface area (TPSA) is 67.0 Å². The quantitative estimate of drug-likeness (QED) is 0.370. The fourth-order valence-corrected chi connectivity index (χ4v) is 2.53. The van der Waals surface area contributed by atoms with Crippen LogP contribution in [0.15, 0.2) is 36.4 Å². The van der Waals surface area contributed by atoms with Crippen LogP contribution in [0.25, 0.3) is 11.3 Å². The molecule has 0 atom stereocenters. The first-order chi connectivity index (χ1) is 13.4. The lowest BCUT2D eigenvalue weighted by Gasteiger charge is -2.07. The van der Waals surface area contributed by atoms with Crippen LogP contribution >= 0.6 is 0 Å². The van der Waals surface area contributed by atoms with E-state index in [0.717, 1.165) is 6.07 Å². The number of esters is 1. The van der Waals surface area contributed by atoms with Crippen LogP contribution in [0, 0.1) is 23.3 Å². The van der Waals surface area contributed by atoms with Crippen molar-refractivity contribution < 1.29 is 27.1 Å². The monoisotopic (exact) mass is 393 g/mol. The zero-order valence-corrected chi connectivity index (χ0v) is 14.7. The Balaban J connectivity index is 1.92. The average molecular weight is 393 g/mol. The van der Waals surface area contributed by atoms with Crippen molar-refractivity contribution in [3.05, 3.63) is 71.2 Å². The summed E-state index contributed by atoms with van der Waals surface area (Å²) in [6, 6.07) is 6.72. The van der Waals surface area contributed by atoms with Crippen LogP contribution in [0.3, 0.4) is 0 Å². The molecule has 0 radical (unpaired) electrons. The Hall–Kier alpha value is -3.36. The maximum atomic E-state index is 13.8. The predicted octanol–water partition coefficient (Wildman–Crippen LogP) is 4.42. The number of anilines is 1. The Kier molecular flexibility index (Phi) is 5.62. The van der Waals surface area contributed by atoms with Crippen LogP contribution < -0.4 is 5.32 Å². The highest BCUT2D eigenvalue weighted by atomic mass is 19.2. The molecule has 3 rings (SSSR count). The number of H-pyrrole nitrogens is 1. The van der Waals surface area contributed by atoms with E-state index in [1.807, 2.05) is 0 Å². The number of ether oxygens (including phenoxy) is 1. The lowest BCUT2D eigenvalue weighted by molar-refractivity contribution is 0.0521. The summed E-state index contributed by atoms with van der Waals surface area (Å²) in [5.41, 5.74) is -0.0200. The Morgan fingerprint density at radius 3 is 2.43 bits per heavy atom. The smallest absolute Gasteiger partial charge is 0.357 e. The van der Waals surface area contributed by atoms with Gasteiger partial charge in [-0.15, -0.1) is 0 Å². The molecule has 3 aromatic rings. The summed E-state index contributed by atoms with van der Waals surface area (Å²) in [6.07, 6.45) is 0. The number of aromatic nitrogens is 2. The van der Waals surface area contributed by atoms with E-state index in [4.69, 9.17) is 4.74 Å². The van der Waals surface area contributed by atoms with Gasteiger partial charge in [0.25, 0.3) is 0 Å². The molecule has 9 heteroatoms. The van der Waals surface area contributed by atoms with E-state index in [-0.39, 0.29) is 30.4 Å². The second-order valence-electron chi connectivity index (χ2n) is 5.71. The second kappa shape index (κ2) is 8.12. The van der Waals surface area contributed by atoms with E-state index in [1.165, 1.54) is 24.3 Å². The van der Waals surface area contributed by atoms with Crippen LogP contribution in [0.5, 0.6) is 0 Å². The fourth-order valence-electron chi connectivity index (χ4n) is 2.53.